The molecule has 0 aliphatic carbocycles. The first-order valence-electron chi connectivity index (χ1n) is 5.80. The lowest BCUT2D eigenvalue weighted by molar-refractivity contribution is 0.0637. The van der Waals surface area contributed by atoms with Gasteiger partial charge in [-0.2, -0.15) is 0 Å². The number of carbonyl (C=O) groups excluding carboxylic acids is 1. The number of methoxy groups -OCH3 is 1. The van der Waals surface area contributed by atoms with Gasteiger partial charge in [0.2, 0.25) is 0 Å². The Kier molecular flexibility index (Phi) is 4.49. The molecule has 0 atom stereocenters. The number of pyridine rings is 1. The van der Waals surface area contributed by atoms with Gasteiger partial charge in [0.1, 0.15) is 11.4 Å². The van der Waals surface area contributed by atoms with Gasteiger partial charge in [0.05, 0.1) is 7.11 Å². The normalized spacial score (nSPS) is 10.8. The maximum atomic E-state index is 12.3. The van der Waals surface area contributed by atoms with Crippen molar-refractivity contribution in [1.29, 1.82) is 0 Å². The average Bonchev–Trinajstić information content (AvgIpc) is 2.28. The quantitative estimate of drug-likeness (QED) is 0.806. The molecule has 0 saturated carbocycles. The van der Waals surface area contributed by atoms with Crippen LogP contribution in [0.25, 0.3) is 0 Å². The van der Waals surface area contributed by atoms with Crippen molar-refractivity contribution in [3.05, 3.63) is 24.0 Å². The zero-order valence-electron chi connectivity index (χ0n) is 11.1. The molecule has 0 bridgehead atoms. The summed E-state index contributed by atoms with van der Waals surface area (Å²) >= 11 is 0. The summed E-state index contributed by atoms with van der Waals surface area (Å²) in [6.45, 7) is 7.99. The van der Waals surface area contributed by atoms with Gasteiger partial charge in [-0.15, -0.1) is 0 Å². The van der Waals surface area contributed by atoms with E-state index in [4.69, 9.17) is 4.74 Å². The standard InChI is InChI=1S/C13H20N2O2/c1-9(2)15(10(3)4)13(16)12-8-11(17-5)6-7-14-12/h6-10H,1-5H3. The van der Waals surface area contributed by atoms with E-state index >= 15 is 0 Å². The van der Waals surface area contributed by atoms with Crippen LogP contribution in [0.3, 0.4) is 0 Å². The molecule has 0 N–H and O–H groups in total. The molecule has 0 fully saturated rings. The zero-order valence-corrected chi connectivity index (χ0v) is 11.1. The van der Waals surface area contributed by atoms with Gasteiger partial charge in [0, 0.05) is 24.3 Å². The van der Waals surface area contributed by atoms with Crippen molar-refractivity contribution in [3.8, 4) is 5.75 Å². The van der Waals surface area contributed by atoms with Crippen LogP contribution in [0.4, 0.5) is 0 Å². The summed E-state index contributed by atoms with van der Waals surface area (Å²) in [6, 6.07) is 3.69. The molecule has 0 aliphatic rings. The monoisotopic (exact) mass is 236 g/mol. The lowest BCUT2D eigenvalue weighted by Gasteiger charge is -2.30. The first kappa shape index (κ1) is 13.5. The molecule has 17 heavy (non-hydrogen) atoms. The Labute approximate surface area is 103 Å². The molecular weight excluding hydrogens is 216 g/mol. The fraction of sp³-hybridized carbons (Fsp3) is 0.538. The minimum absolute atomic E-state index is 0.0612. The Morgan fingerprint density at radius 1 is 1.29 bits per heavy atom. The molecule has 0 radical (unpaired) electrons. The Morgan fingerprint density at radius 2 is 1.88 bits per heavy atom. The van der Waals surface area contributed by atoms with E-state index in [0.717, 1.165) is 0 Å². The molecule has 1 heterocycles. The van der Waals surface area contributed by atoms with Gasteiger partial charge < -0.3 is 9.64 Å². The van der Waals surface area contributed by atoms with Gasteiger partial charge in [-0.3, -0.25) is 9.78 Å². The highest BCUT2D eigenvalue weighted by atomic mass is 16.5. The summed E-state index contributed by atoms with van der Waals surface area (Å²) in [5.41, 5.74) is 0.423. The largest absolute Gasteiger partial charge is 0.497 e. The molecule has 0 unspecified atom stereocenters. The summed E-state index contributed by atoms with van der Waals surface area (Å²) in [6.07, 6.45) is 1.59. The topological polar surface area (TPSA) is 42.4 Å². The van der Waals surface area contributed by atoms with Crippen LogP contribution in [-0.2, 0) is 0 Å². The lowest BCUT2D eigenvalue weighted by atomic mass is 10.2. The minimum atomic E-state index is -0.0612. The van der Waals surface area contributed by atoms with Crippen LogP contribution in [0.2, 0.25) is 0 Å². The number of nitrogens with zero attached hydrogens (tertiary/aromatic N) is 2. The van der Waals surface area contributed by atoms with E-state index in [-0.39, 0.29) is 18.0 Å². The van der Waals surface area contributed by atoms with Crippen LogP contribution in [0.15, 0.2) is 18.3 Å². The molecular formula is C13H20N2O2. The van der Waals surface area contributed by atoms with Crippen LogP contribution >= 0.6 is 0 Å². The molecule has 1 aromatic rings. The van der Waals surface area contributed by atoms with E-state index in [1.54, 1.807) is 25.4 Å². The van der Waals surface area contributed by atoms with Crippen molar-refractivity contribution in [2.75, 3.05) is 7.11 Å². The predicted octanol–water partition coefficient (Wildman–Crippen LogP) is 2.35. The van der Waals surface area contributed by atoms with E-state index < -0.39 is 0 Å². The van der Waals surface area contributed by atoms with Crippen LogP contribution in [0.5, 0.6) is 5.75 Å². The third-order valence-electron chi connectivity index (χ3n) is 2.53. The van der Waals surface area contributed by atoms with Crippen LogP contribution < -0.4 is 4.74 Å². The Morgan fingerprint density at radius 3 is 2.35 bits per heavy atom. The zero-order chi connectivity index (χ0) is 13.0. The molecule has 94 valence electrons. The van der Waals surface area contributed by atoms with Gasteiger partial charge in [-0.05, 0) is 33.8 Å². The van der Waals surface area contributed by atoms with Gasteiger partial charge in [0.25, 0.3) is 5.91 Å². The van der Waals surface area contributed by atoms with Crippen LogP contribution in [0, 0.1) is 0 Å². The van der Waals surface area contributed by atoms with Crippen molar-refractivity contribution in [2.24, 2.45) is 0 Å². The van der Waals surface area contributed by atoms with Gasteiger partial charge in [-0.25, -0.2) is 0 Å². The maximum Gasteiger partial charge on any atom is 0.273 e. The van der Waals surface area contributed by atoms with Crippen LogP contribution in [0.1, 0.15) is 38.2 Å². The minimum Gasteiger partial charge on any atom is -0.497 e. The maximum absolute atomic E-state index is 12.3. The fourth-order valence-electron chi connectivity index (χ4n) is 1.85. The third-order valence-corrected chi connectivity index (χ3v) is 2.53. The number of rotatable bonds is 4. The van der Waals surface area contributed by atoms with Crippen molar-refractivity contribution >= 4 is 5.91 Å². The summed E-state index contributed by atoms with van der Waals surface area (Å²) < 4.78 is 5.09. The smallest absolute Gasteiger partial charge is 0.273 e. The number of ether oxygens (including phenoxy) is 1. The molecule has 0 saturated heterocycles. The molecule has 1 amide bonds. The number of hydrogen-bond donors (Lipinski definition) is 0. The fourth-order valence-corrected chi connectivity index (χ4v) is 1.85. The Bertz CT molecular complexity index is 381. The first-order chi connectivity index (χ1) is 7.97. The summed E-state index contributed by atoms with van der Waals surface area (Å²) in [5.74, 6) is 0.588. The molecule has 0 aromatic carbocycles. The summed E-state index contributed by atoms with van der Waals surface area (Å²) in [7, 11) is 1.58. The average molecular weight is 236 g/mol. The van der Waals surface area contributed by atoms with Crippen molar-refractivity contribution in [1.82, 2.24) is 9.88 Å². The molecule has 0 aliphatic heterocycles. The number of carbonyl (C=O) groups is 1. The highest BCUT2D eigenvalue weighted by molar-refractivity contribution is 5.93. The van der Waals surface area contributed by atoms with Gasteiger partial charge in [0.15, 0.2) is 0 Å². The number of amides is 1. The van der Waals surface area contributed by atoms with E-state index in [2.05, 4.69) is 4.98 Å². The van der Waals surface area contributed by atoms with Crippen molar-refractivity contribution < 1.29 is 9.53 Å². The number of aromatic nitrogens is 1. The lowest BCUT2D eigenvalue weighted by Crippen LogP contribution is -2.42. The van der Waals surface area contributed by atoms with Gasteiger partial charge >= 0.3 is 0 Å². The SMILES string of the molecule is COc1ccnc(C(=O)N(C(C)C)C(C)C)c1. The molecule has 1 rings (SSSR count). The van der Waals surface area contributed by atoms with E-state index in [0.29, 0.717) is 11.4 Å². The van der Waals surface area contributed by atoms with E-state index in [1.165, 1.54) is 0 Å². The predicted molar refractivity (Wildman–Crippen MR) is 67.2 cm³/mol. The van der Waals surface area contributed by atoms with Crippen molar-refractivity contribution in [3.63, 3.8) is 0 Å². The second-order valence-corrected chi connectivity index (χ2v) is 4.48. The van der Waals surface area contributed by atoms with Crippen molar-refractivity contribution in [2.45, 2.75) is 39.8 Å². The summed E-state index contributed by atoms with van der Waals surface area (Å²) in [4.78, 5) is 18.2. The van der Waals surface area contributed by atoms with E-state index in [1.807, 2.05) is 32.6 Å². The molecule has 4 heteroatoms. The Balaban J connectivity index is 3.01. The molecule has 4 nitrogen and oxygen atoms in total. The van der Waals surface area contributed by atoms with Crippen LogP contribution in [-0.4, -0.2) is 35.0 Å². The second kappa shape index (κ2) is 5.66. The Hall–Kier alpha value is -1.58. The highest BCUT2D eigenvalue weighted by Gasteiger charge is 2.22. The second-order valence-electron chi connectivity index (χ2n) is 4.48. The molecule has 1 aromatic heterocycles. The van der Waals surface area contributed by atoms with E-state index in [9.17, 15) is 4.79 Å². The highest BCUT2D eigenvalue weighted by Crippen LogP contribution is 2.15. The molecule has 0 spiro atoms. The third kappa shape index (κ3) is 3.19. The number of hydrogen-bond acceptors (Lipinski definition) is 3. The van der Waals surface area contributed by atoms with Gasteiger partial charge in [-0.1, -0.05) is 0 Å². The summed E-state index contributed by atoms with van der Waals surface area (Å²) in [5, 5.41) is 0. The first-order valence-corrected chi connectivity index (χ1v) is 5.80.